The number of rotatable bonds is 12. The van der Waals surface area contributed by atoms with Gasteiger partial charge < -0.3 is 21.3 Å². The summed E-state index contributed by atoms with van der Waals surface area (Å²) in [5.74, 6) is 0. The molecule has 0 aromatic rings. The zero-order valence-electron chi connectivity index (χ0n) is 63.1. The minimum Gasteiger partial charge on any atom is -0.647 e. The third-order valence-corrected chi connectivity index (χ3v) is 43.5. The second kappa shape index (κ2) is 33.5. The van der Waals surface area contributed by atoms with Crippen molar-refractivity contribution in [2.75, 3.05) is 0 Å². The number of allylic oxidation sites excluding steroid dienone is 8. The van der Waals surface area contributed by atoms with Gasteiger partial charge in [0.1, 0.15) is 0 Å². The molecule has 8 unspecified atom stereocenters. The van der Waals surface area contributed by atoms with Gasteiger partial charge in [-0.25, -0.2) is 0 Å². The molecule has 504 valence electrons. The van der Waals surface area contributed by atoms with Crippen molar-refractivity contribution in [3.8, 4) is 0 Å². The molecule has 4 saturated carbocycles. The minimum absolute atomic E-state index is 0. The van der Waals surface area contributed by atoms with Crippen LogP contribution in [0.3, 0.4) is 0 Å². The van der Waals surface area contributed by atoms with Crippen molar-refractivity contribution in [1.29, 1.82) is 0 Å². The standard InChI is InChI=1S/4C20H36NSi.Ti/c4*1-18(2)19(3,21-17-13-9-10-14-17)15-11-7-8-12-16-20(18,4)22(5)6;/h4*9-10,13-14,17,22H,7-8,11-12,15-16H2,1-6H3;/q4*-1;+4. The Bertz CT molecular complexity index is 2040. The van der Waals surface area contributed by atoms with Gasteiger partial charge in [-0.1, -0.05) is 439 Å². The van der Waals surface area contributed by atoms with Crippen LogP contribution in [-0.2, 0) is 21.7 Å². The molecule has 89 heavy (non-hydrogen) atoms. The van der Waals surface area contributed by atoms with E-state index in [0.29, 0.717) is 44.3 Å². The summed E-state index contributed by atoms with van der Waals surface area (Å²) in [6, 6.07) is 1.18. The molecule has 8 rings (SSSR count). The summed E-state index contributed by atoms with van der Waals surface area (Å²) in [5, 5.41) is 23.5. The van der Waals surface area contributed by atoms with Gasteiger partial charge in [-0.15, -0.1) is 22.2 Å². The summed E-state index contributed by atoms with van der Waals surface area (Å²) < 4.78 is 0. The summed E-state index contributed by atoms with van der Waals surface area (Å²) in [6.07, 6.45) is 67.9. The van der Waals surface area contributed by atoms with Crippen molar-refractivity contribution in [2.45, 2.75) is 384 Å². The summed E-state index contributed by atoms with van der Waals surface area (Å²) in [4.78, 5) is 0. The molecule has 0 N–H and O–H groups in total. The number of hydrogen-bond donors (Lipinski definition) is 0. The van der Waals surface area contributed by atoms with E-state index in [9.17, 15) is 0 Å². The second-order valence-electron chi connectivity index (χ2n) is 35.1. The maximum Gasteiger partial charge on any atom is 4.00 e. The largest absolute Gasteiger partial charge is 4.00 e. The molecule has 8 aliphatic carbocycles. The molecule has 0 saturated heterocycles. The zero-order chi connectivity index (χ0) is 65.7. The maximum absolute atomic E-state index is 5.39. The van der Waals surface area contributed by atoms with E-state index in [1.807, 2.05) is 0 Å². The molecule has 0 aromatic carbocycles. The van der Waals surface area contributed by atoms with E-state index in [0.717, 1.165) is 0 Å². The Morgan fingerprint density at radius 3 is 0.494 bits per heavy atom. The third kappa shape index (κ3) is 18.1. The minimum atomic E-state index is -0.787. The molecule has 0 bridgehead atoms. The normalized spacial score (nSPS) is 35.9. The quantitative estimate of drug-likeness (QED) is 0.175. The van der Waals surface area contributed by atoms with Gasteiger partial charge in [-0.2, -0.15) is 0 Å². The Hall–Kier alpha value is -0.658. The van der Waals surface area contributed by atoms with Gasteiger partial charge in [0.2, 0.25) is 0 Å². The fourth-order valence-corrected chi connectivity index (χ4v) is 28.6. The van der Waals surface area contributed by atoms with Gasteiger partial charge in [0, 0.05) is 35.2 Å². The average Bonchev–Trinajstić information content (AvgIpc) is 1.47. The predicted octanol–water partition coefficient (Wildman–Crippen LogP) is 25.0. The number of nitrogens with zero attached hydrogens (tertiary/aromatic N) is 4. The molecule has 9 heteroatoms. The van der Waals surface area contributed by atoms with Crippen LogP contribution in [0.25, 0.3) is 21.3 Å². The molecule has 4 fully saturated rings. The number of hydrogen-bond acceptors (Lipinski definition) is 0. The van der Waals surface area contributed by atoms with Crippen LogP contribution < -0.4 is 0 Å². The molecule has 8 aliphatic rings. The fourth-order valence-electron chi connectivity index (χ4n) is 18.5. The Morgan fingerprint density at radius 1 is 0.225 bits per heavy atom. The van der Waals surface area contributed by atoms with E-state index in [-0.39, 0.29) is 65.5 Å². The van der Waals surface area contributed by atoms with Crippen molar-refractivity contribution in [2.24, 2.45) is 21.7 Å². The summed E-state index contributed by atoms with van der Waals surface area (Å²) in [7, 11) is -3.15. The fraction of sp³-hybridized carbons (Fsp3) is 0.800. The Balaban J connectivity index is 0.000000253. The SMILES string of the molecule is C[SiH](C)C1(C)CCCCCCC(C)([N-]C2C=CC=C2)C1(C)C.C[SiH](C)C1(C)CCCCCCC(C)([N-]C2C=CC=C2)C1(C)C.C[SiH](C)C1(C)CCCCCCC(C)([N-]C2C=CC=C2)C1(C)C.C[SiH](C)C1(C)CCCCCCC(C)([N-]C2C=CC=C2)C1(C)C.[Ti+4]. The Kier molecular flexibility index (Phi) is 30.4. The molecular weight excluding hydrogens is 1180 g/mol. The van der Waals surface area contributed by atoms with Crippen LogP contribution in [0, 0.1) is 21.7 Å². The van der Waals surface area contributed by atoms with E-state index < -0.39 is 35.2 Å². The smallest absolute Gasteiger partial charge is 0.647 e. The molecule has 0 heterocycles. The summed E-state index contributed by atoms with van der Waals surface area (Å²) >= 11 is 0. The van der Waals surface area contributed by atoms with Crippen molar-refractivity contribution in [1.82, 2.24) is 0 Å². The summed E-state index contributed by atoms with van der Waals surface area (Å²) in [5.41, 5.74) is 1.34. The van der Waals surface area contributed by atoms with Crippen molar-refractivity contribution in [3.05, 3.63) is 118 Å². The van der Waals surface area contributed by atoms with Crippen LogP contribution in [0.4, 0.5) is 0 Å². The Morgan fingerprint density at radius 2 is 0.360 bits per heavy atom. The van der Waals surface area contributed by atoms with Crippen molar-refractivity contribution < 1.29 is 21.7 Å². The summed E-state index contributed by atoms with van der Waals surface area (Å²) in [6.45, 7) is 60.8. The van der Waals surface area contributed by atoms with Crippen molar-refractivity contribution in [3.63, 3.8) is 0 Å². The molecule has 0 amide bonds. The van der Waals surface area contributed by atoms with Crippen LogP contribution in [0.15, 0.2) is 97.2 Å². The van der Waals surface area contributed by atoms with Crippen LogP contribution in [-0.4, -0.2) is 81.5 Å². The molecule has 0 spiro atoms. The third-order valence-electron chi connectivity index (χ3n) is 29.3. The second-order valence-corrected chi connectivity index (χ2v) is 49.4. The van der Waals surface area contributed by atoms with Gasteiger partial charge in [0.25, 0.3) is 0 Å². The van der Waals surface area contributed by atoms with E-state index in [4.69, 9.17) is 21.3 Å². The average molecular weight is 1320 g/mol. The van der Waals surface area contributed by atoms with Gasteiger partial charge >= 0.3 is 21.7 Å². The molecule has 4 nitrogen and oxygen atoms in total. The molecule has 0 aromatic heterocycles. The van der Waals surface area contributed by atoms with Crippen LogP contribution in [0.1, 0.15) is 265 Å². The van der Waals surface area contributed by atoms with Crippen LogP contribution in [0.5, 0.6) is 0 Å². The molecule has 0 radical (unpaired) electrons. The van der Waals surface area contributed by atoms with E-state index >= 15 is 0 Å². The molecule has 8 atom stereocenters. The first kappa shape index (κ1) is 80.8. The van der Waals surface area contributed by atoms with Gasteiger partial charge in [0.05, 0.1) is 0 Å². The zero-order valence-corrected chi connectivity index (χ0v) is 69.3. The Labute approximate surface area is 576 Å². The van der Waals surface area contributed by atoms with E-state index in [1.165, 1.54) is 154 Å². The monoisotopic (exact) mass is 1320 g/mol. The topological polar surface area (TPSA) is 56.4 Å². The molecule has 0 aliphatic heterocycles. The van der Waals surface area contributed by atoms with Gasteiger partial charge in [-0.05, 0) is 41.8 Å². The van der Waals surface area contributed by atoms with E-state index in [2.05, 4.69) is 260 Å². The van der Waals surface area contributed by atoms with Crippen LogP contribution in [0.2, 0.25) is 72.5 Å². The van der Waals surface area contributed by atoms with Crippen LogP contribution >= 0.6 is 0 Å². The van der Waals surface area contributed by atoms with E-state index in [1.54, 1.807) is 0 Å². The maximum atomic E-state index is 5.39. The first-order valence-electron chi connectivity index (χ1n) is 37.2. The molecular formula is C80H144N4Si4Ti. The van der Waals surface area contributed by atoms with Gasteiger partial charge in [0.15, 0.2) is 0 Å². The van der Waals surface area contributed by atoms with Gasteiger partial charge in [-0.3, -0.25) is 0 Å². The van der Waals surface area contributed by atoms with Crippen molar-refractivity contribution >= 4 is 35.2 Å². The first-order valence-corrected chi connectivity index (χ1v) is 48.7. The first-order chi connectivity index (χ1) is 40.9. The predicted molar refractivity (Wildman–Crippen MR) is 410 cm³/mol.